The van der Waals surface area contributed by atoms with Gasteiger partial charge in [-0.25, -0.2) is 9.69 Å². The minimum atomic E-state index is -0.787. The number of fused-ring (bicyclic) bond motifs is 1. The molecule has 0 aliphatic carbocycles. The van der Waals surface area contributed by atoms with Crippen LogP contribution in [0.2, 0.25) is 5.02 Å². The Labute approximate surface area is 241 Å². The molecule has 11 heteroatoms. The zero-order chi connectivity index (χ0) is 29.3. The summed E-state index contributed by atoms with van der Waals surface area (Å²) < 4.78 is 17.1. The molecule has 1 unspecified atom stereocenters. The maximum absolute atomic E-state index is 13.7. The predicted molar refractivity (Wildman–Crippen MR) is 151 cm³/mol. The second kappa shape index (κ2) is 11.5. The molecule has 2 aliphatic heterocycles. The molecule has 1 saturated heterocycles. The van der Waals surface area contributed by atoms with E-state index in [4.69, 9.17) is 25.8 Å². The molecule has 2 aliphatic rings. The molecule has 0 radical (unpaired) electrons. The number of rotatable bonds is 7. The lowest BCUT2D eigenvalue weighted by Gasteiger charge is -2.29. The summed E-state index contributed by atoms with van der Waals surface area (Å²) in [4.78, 5) is 53.9. The van der Waals surface area contributed by atoms with Crippen LogP contribution in [0.25, 0.3) is 0 Å². The van der Waals surface area contributed by atoms with E-state index in [1.807, 2.05) is 13.8 Å². The fraction of sp³-hybridized carbons (Fsp3) is 0.267. The first-order valence-corrected chi connectivity index (χ1v) is 13.4. The van der Waals surface area contributed by atoms with Crippen molar-refractivity contribution >= 4 is 46.8 Å². The van der Waals surface area contributed by atoms with Crippen LogP contribution in [-0.4, -0.2) is 48.0 Å². The minimum Gasteiger partial charge on any atom is -0.488 e. The van der Waals surface area contributed by atoms with Crippen molar-refractivity contribution in [3.63, 3.8) is 0 Å². The molecule has 1 fully saturated rings. The zero-order valence-electron chi connectivity index (χ0n) is 22.7. The van der Waals surface area contributed by atoms with Crippen molar-refractivity contribution in [2.45, 2.75) is 45.4 Å². The highest BCUT2D eigenvalue weighted by molar-refractivity contribution is 6.32. The highest BCUT2D eigenvalue weighted by Crippen LogP contribution is 2.43. The number of carbonyl (C=O) groups excluding carboxylic acids is 4. The lowest BCUT2D eigenvalue weighted by atomic mass is 10.0. The number of nitrogens with one attached hydrogen (secondary N) is 1. The van der Waals surface area contributed by atoms with Gasteiger partial charge in [-0.05, 0) is 68.3 Å². The lowest BCUT2D eigenvalue weighted by Crippen LogP contribution is -2.52. The van der Waals surface area contributed by atoms with Crippen molar-refractivity contribution in [1.82, 2.24) is 10.2 Å². The van der Waals surface area contributed by atoms with Crippen LogP contribution in [0.4, 0.5) is 16.2 Å². The Morgan fingerprint density at radius 1 is 1.05 bits per heavy atom. The van der Waals surface area contributed by atoms with Gasteiger partial charge >= 0.3 is 6.09 Å². The number of halogens is 1. The van der Waals surface area contributed by atoms with Gasteiger partial charge in [-0.2, -0.15) is 0 Å². The lowest BCUT2D eigenvalue weighted by molar-refractivity contribution is -0.136. The molecule has 0 spiro atoms. The standard InChI is InChI=1S/C30H28ClN3O7/c1-17(2)40-27-22(13-8-18-16-33(29(37)26(18)27)23-14-15-25(35)32-28(23)36)34(30(38)39-3)19-9-11-20(12-10-19)41-24-7-5-4-6-21(24)31/h4-13,17,23H,14-16H2,1-3H3,(H,32,35,36). The first-order valence-electron chi connectivity index (χ1n) is 13.1. The summed E-state index contributed by atoms with van der Waals surface area (Å²) in [5.41, 5.74) is 1.63. The fourth-order valence-corrected chi connectivity index (χ4v) is 5.07. The highest BCUT2D eigenvalue weighted by Gasteiger charge is 2.42. The number of amides is 4. The predicted octanol–water partition coefficient (Wildman–Crippen LogP) is 5.59. The van der Waals surface area contributed by atoms with Gasteiger partial charge in [0, 0.05) is 13.0 Å². The van der Waals surface area contributed by atoms with E-state index in [9.17, 15) is 19.2 Å². The van der Waals surface area contributed by atoms with Gasteiger partial charge in [0.1, 0.15) is 17.5 Å². The summed E-state index contributed by atoms with van der Waals surface area (Å²) >= 11 is 6.21. The molecule has 3 aromatic rings. The van der Waals surface area contributed by atoms with Crippen LogP contribution in [0.5, 0.6) is 17.2 Å². The summed E-state index contributed by atoms with van der Waals surface area (Å²) in [7, 11) is 1.26. The summed E-state index contributed by atoms with van der Waals surface area (Å²) in [5, 5.41) is 2.76. The number of imide groups is 1. The van der Waals surface area contributed by atoms with Gasteiger partial charge in [-0.15, -0.1) is 0 Å². The summed E-state index contributed by atoms with van der Waals surface area (Å²) in [5.74, 6) is -0.117. The average molecular weight is 578 g/mol. The van der Waals surface area contributed by atoms with Crippen LogP contribution in [0, 0.1) is 0 Å². The van der Waals surface area contributed by atoms with Crippen molar-refractivity contribution < 1.29 is 33.4 Å². The van der Waals surface area contributed by atoms with Crippen LogP contribution in [0.15, 0.2) is 60.7 Å². The van der Waals surface area contributed by atoms with Crippen molar-refractivity contribution in [3.8, 4) is 17.2 Å². The SMILES string of the molecule is COC(=O)N(c1ccc(Oc2ccccc2Cl)cc1)c1ccc2c(c1OC(C)C)C(=O)N(C1CCC(=O)NC1=O)C2. The Balaban J connectivity index is 1.52. The Morgan fingerprint density at radius 3 is 2.44 bits per heavy atom. The van der Waals surface area contributed by atoms with E-state index >= 15 is 0 Å². The van der Waals surface area contributed by atoms with E-state index < -0.39 is 23.9 Å². The minimum absolute atomic E-state index is 0.142. The number of hydrogen-bond donors (Lipinski definition) is 1. The van der Waals surface area contributed by atoms with Gasteiger partial charge in [-0.1, -0.05) is 29.8 Å². The van der Waals surface area contributed by atoms with Gasteiger partial charge < -0.3 is 19.1 Å². The monoisotopic (exact) mass is 577 g/mol. The molecule has 1 N–H and O–H groups in total. The Kier molecular flexibility index (Phi) is 7.85. The van der Waals surface area contributed by atoms with Crippen molar-refractivity contribution in [2.75, 3.05) is 12.0 Å². The summed E-state index contributed by atoms with van der Waals surface area (Å²) in [6.45, 7) is 3.79. The number of para-hydroxylation sites is 1. The Morgan fingerprint density at radius 2 is 1.78 bits per heavy atom. The third kappa shape index (κ3) is 5.55. The van der Waals surface area contributed by atoms with Crippen molar-refractivity contribution in [1.29, 1.82) is 0 Å². The van der Waals surface area contributed by atoms with Gasteiger partial charge in [0.25, 0.3) is 5.91 Å². The van der Waals surface area contributed by atoms with Crippen LogP contribution < -0.4 is 19.7 Å². The number of nitrogens with zero attached hydrogens (tertiary/aromatic N) is 2. The number of ether oxygens (including phenoxy) is 3. The first kappa shape index (κ1) is 28.0. The van der Waals surface area contributed by atoms with Crippen LogP contribution in [0.1, 0.15) is 42.6 Å². The normalized spacial score (nSPS) is 16.4. The van der Waals surface area contributed by atoms with E-state index in [1.54, 1.807) is 60.7 Å². The zero-order valence-corrected chi connectivity index (χ0v) is 23.4. The van der Waals surface area contributed by atoms with Crippen LogP contribution in [0.3, 0.4) is 0 Å². The Bertz CT molecular complexity index is 1520. The molecule has 212 valence electrons. The molecule has 0 saturated carbocycles. The van der Waals surface area contributed by atoms with E-state index in [-0.39, 0.29) is 42.7 Å². The summed E-state index contributed by atoms with van der Waals surface area (Å²) in [6, 6.07) is 16.4. The molecule has 4 amide bonds. The number of carbonyl (C=O) groups is 4. The molecule has 0 bridgehead atoms. The van der Waals surface area contributed by atoms with Crippen LogP contribution in [-0.2, 0) is 20.9 Å². The van der Waals surface area contributed by atoms with E-state index in [1.165, 1.54) is 16.9 Å². The number of hydrogen-bond acceptors (Lipinski definition) is 7. The molecular weight excluding hydrogens is 550 g/mol. The number of methoxy groups -OCH3 is 1. The summed E-state index contributed by atoms with van der Waals surface area (Å²) in [6.07, 6.45) is -0.674. The van der Waals surface area contributed by atoms with Gasteiger partial charge in [0.2, 0.25) is 11.8 Å². The van der Waals surface area contributed by atoms with Crippen LogP contribution >= 0.6 is 11.6 Å². The number of anilines is 2. The van der Waals surface area contributed by atoms with Gasteiger partial charge in [0.05, 0.1) is 35.2 Å². The molecule has 10 nitrogen and oxygen atoms in total. The quantitative estimate of drug-likeness (QED) is 0.364. The molecule has 3 aromatic carbocycles. The number of benzene rings is 3. The van der Waals surface area contributed by atoms with Crippen molar-refractivity contribution in [2.24, 2.45) is 0 Å². The topological polar surface area (TPSA) is 114 Å². The highest BCUT2D eigenvalue weighted by atomic mass is 35.5. The van der Waals surface area contributed by atoms with Gasteiger partial charge in [-0.3, -0.25) is 19.7 Å². The largest absolute Gasteiger partial charge is 0.488 e. The molecular formula is C30H28ClN3O7. The Hall–Kier alpha value is -4.57. The number of piperidine rings is 1. The third-order valence-corrected chi connectivity index (χ3v) is 7.05. The molecule has 2 heterocycles. The molecule has 5 rings (SSSR count). The van der Waals surface area contributed by atoms with E-state index in [0.29, 0.717) is 33.5 Å². The molecule has 1 atom stereocenters. The molecule has 0 aromatic heterocycles. The second-order valence-electron chi connectivity index (χ2n) is 9.85. The second-order valence-corrected chi connectivity index (χ2v) is 10.3. The smallest absolute Gasteiger partial charge is 0.418 e. The first-order chi connectivity index (χ1) is 19.7. The molecule has 41 heavy (non-hydrogen) atoms. The fourth-order valence-electron chi connectivity index (χ4n) is 4.89. The van der Waals surface area contributed by atoms with E-state index in [0.717, 1.165) is 0 Å². The van der Waals surface area contributed by atoms with Gasteiger partial charge in [0.15, 0.2) is 5.75 Å². The van der Waals surface area contributed by atoms with E-state index in [2.05, 4.69) is 5.32 Å². The van der Waals surface area contributed by atoms with Crippen molar-refractivity contribution in [3.05, 3.63) is 76.8 Å². The third-order valence-electron chi connectivity index (χ3n) is 6.74. The maximum atomic E-state index is 13.7. The maximum Gasteiger partial charge on any atom is 0.418 e. The average Bonchev–Trinajstić information content (AvgIpc) is 3.28.